The highest BCUT2D eigenvalue weighted by atomic mass is 16.5. The molecule has 0 aromatic rings. The molecule has 19 heavy (non-hydrogen) atoms. The minimum atomic E-state index is -0.909. The normalized spacial score (nSPS) is 28.1. The van der Waals surface area contributed by atoms with Gasteiger partial charge in [-0.15, -0.1) is 0 Å². The number of hydrogen-bond donors (Lipinski definition) is 2. The molecule has 6 nitrogen and oxygen atoms in total. The Kier molecular flexibility index (Phi) is 5.75. The average molecular weight is 273 g/mol. The second kappa shape index (κ2) is 6.86. The number of aliphatic hydroxyl groups is 1. The third-order valence-corrected chi connectivity index (χ3v) is 3.65. The Balaban J connectivity index is 2.62. The molecule has 0 aromatic heterocycles. The predicted molar refractivity (Wildman–Crippen MR) is 68.5 cm³/mol. The molecular formula is C13H23NO5. The first kappa shape index (κ1) is 15.9. The molecule has 1 amide bonds. The van der Waals surface area contributed by atoms with E-state index in [9.17, 15) is 14.7 Å². The van der Waals surface area contributed by atoms with E-state index < -0.39 is 23.9 Å². The third kappa shape index (κ3) is 4.18. The summed E-state index contributed by atoms with van der Waals surface area (Å²) in [5.41, 5.74) is 0. The SMILES string of the molecule is COCC(O)CN(C)C(=O)C1CC(C)CC1C(=O)O. The Morgan fingerprint density at radius 1 is 1.37 bits per heavy atom. The monoisotopic (exact) mass is 273 g/mol. The standard InChI is InChI=1S/C13H23NO5/c1-8-4-10(11(5-8)13(17)18)12(16)14(2)6-9(15)7-19-3/h8-11,15H,4-7H2,1-3H3,(H,17,18). The summed E-state index contributed by atoms with van der Waals surface area (Å²) in [5.74, 6) is -1.95. The fraction of sp³-hybridized carbons (Fsp3) is 0.846. The number of methoxy groups -OCH3 is 1. The summed E-state index contributed by atoms with van der Waals surface area (Å²) >= 11 is 0. The number of carboxylic acid groups (broad SMARTS) is 1. The van der Waals surface area contributed by atoms with Crippen LogP contribution in [-0.2, 0) is 14.3 Å². The third-order valence-electron chi connectivity index (χ3n) is 3.65. The van der Waals surface area contributed by atoms with Crippen molar-refractivity contribution in [2.24, 2.45) is 17.8 Å². The van der Waals surface area contributed by atoms with Gasteiger partial charge in [0.05, 0.1) is 24.5 Å². The number of carboxylic acids is 1. The molecule has 0 bridgehead atoms. The van der Waals surface area contributed by atoms with Gasteiger partial charge in [-0.25, -0.2) is 0 Å². The summed E-state index contributed by atoms with van der Waals surface area (Å²) in [6.45, 7) is 2.27. The molecule has 1 aliphatic rings. The first-order valence-corrected chi connectivity index (χ1v) is 6.51. The van der Waals surface area contributed by atoms with E-state index in [4.69, 9.17) is 9.84 Å². The zero-order chi connectivity index (χ0) is 14.6. The molecule has 2 N–H and O–H groups in total. The molecule has 4 unspecified atom stereocenters. The van der Waals surface area contributed by atoms with E-state index in [0.29, 0.717) is 12.8 Å². The van der Waals surface area contributed by atoms with Crippen molar-refractivity contribution in [1.29, 1.82) is 0 Å². The Hall–Kier alpha value is -1.14. The van der Waals surface area contributed by atoms with Gasteiger partial charge in [-0.1, -0.05) is 6.92 Å². The van der Waals surface area contributed by atoms with E-state index in [-0.39, 0.29) is 25.0 Å². The van der Waals surface area contributed by atoms with Gasteiger partial charge in [0.1, 0.15) is 0 Å². The van der Waals surface area contributed by atoms with Crippen LogP contribution in [-0.4, -0.2) is 60.4 Å². The second-order valence-corrected chi connectivity index (χ2v) is 5.46. The lowest BCUT2D eigenvalue weighted by atomic mass is 9.95. The van der Waals surface area contributed by atoms with Gasteiger partial charge in [0.2, 0.25) is 5.91 Å². The maximum atomic E-state index is 12.3. The summed E-state index contributed by atoms with van der Waals surface area (Å²) in [6, 6.07) is 0. The summed E-state index contributed by atoms with van der Waals surface area (Å²) < 4.78 is 4.80. The molecule has 0 aliphatic heterocycles. The van der Waals surface area contributed by atoms with E-state index in [0.717, 1.165) is 0 Å². The van der Waals surface area contributed by atoms with Crippen LogP contribution in [0.3, 0.4) is 0 Å². The number of hydrogen-bond acceptors (Lipinski definition) is 4. The van der Waals surface area contributed by atoms with Crippen LogP contribution in [0.4, 0.5) is 0 Å². The molecule has 4 atom stereocenters. The van der Waals surface area contributed by atoms with Gasteiger partial charge in [0.25, 0.3) is 0 Å². The molecule has 0 spiro atoms. The maximum Gasteiger partial charge on any atom is 0.307 e. The zero-order valence-corrected chi connectivity index (χ0v) is 11.7. The molecule has 1 fully saturated rings. The van der Waals surface area contributed by atoms with Crippen LogP contribution in [0.1, 0.15) is 19.8 Å². The van der Waals surface area contributed by atoms with Crippen molar-refractivity contribution in [3.05, 3.63) is 0 Å². The molecule has 1 rings (SSSR count). The summed E-state index contributed by atoms with van der Waals surface area (Å²) in [5, 5.41) is 18.8. The molecule has 1 aliphatic carbocycles. The average Bonchev–Trinajstić information content (AvgIpc) is 2.70. The maximum absolute atomic E-state index is 12.3. The number of carbonyl (C=O) groups excluding carboxylic acids is 1. The van der Waals surface area contributed by atoms with Crippen LogP contribution in [0.2, 0.25) is 0 Å². The van der Waals surface area contributed by atoms with Crippen molar-refractivity contribution < 1.29 is 24.5 Å². The lowest BCUT2D eigenvalue weighted by Gasteiger charge is -2.25. The molecule has 110 valence electrons. The number of aliphatic hydroxyl groups excluding tert-OH is 1. The summed E-state index contributed by atoms with van der Waals surface area (Å²) in [4.78, 5) is 24.8. The first-order chi connectivity index (χ1) is 8.86. The van der Waals surface area contributed by atoms with E-state index in [1.807, 2.05) is 6.92 Å². The molecule has 0 heterocycles. The number of amides is 1. The largest absolute Gasteiger partial charge is 0.481 e. The van der Waals surface area contributed by atoms with Crippen LogP contribution in [0.5, 0.6) is 0 Å². The van der Waals surface area contributed by atoms with Crippen LogP contribution < -0.4 is 0 Å². The lowest BCUT2D eigenvalue weighted by molar-refractivity contribution is -0.149. The molecule has 1 saturated carbocycles. The fourth-order valence-corrected chi connectivity index (χ4v) is 2.77. The van der Waals surface area contributed by atoms with Crippen molar-refractivity contribution in [3.63, 3.8) is 0 Å². The number of likely N-dealkylation sites (N-methyl/N-ethyl adjacent to an activating group) is 1. The molecule has 0 saturated heterocycles. The van der Waals surface area contributed by atoms with Gasteiger partial charge < -0.3 is 19.8 Å². The Morgan fingerprint density at radius 3 is 2.47 bits per heavy atom. The number of aliphatic carboxylic acids is 1. The smallest absolute Gasteiger partial charge is 0.307 e. The fourth-order valence-electron chi connectivity index (χ4n) is 2.77. The van der Waals surface area contributed by atoms with Gasteiger partial charge in [-0.05, 0) is 18.8 Å². The molecule has 0 radical (unpaired) electrons. The van der Waals surface area contributed by atoms with Gasteiger partial charge >= 0.3 is 5.97 Å². The number of nitrogens with zero attached hydrogens (tertiary/aromatic N) is 1. The van der Waals surface area contributed by atoms with Crippen LogP contribution in [0, 0.1) is 17.8 Å². The van der Waals surface area contributed by atoms with E-state index >= 15 is 0 Å². The Bertz CT molecular complexity index is 333. The number of rotatable bonds is 6. The quantitative estimate of drug-likeness (QED) is 0.722. The lowest BCUT2D eigenvalue weighted by Crippen LogP contribution is -2.41. The van der Waals surface area contributed by atoms with E-state index in [2.05, 4.69) is 0 Å². The minimum Gasteiger partial charge on any atom is -0.481 e. The Morgan fingerprint density at radius 2 is 1.95 bits per heavy atom. The topological polar surface area (TPSA) is 87.1 Å². The first-order valence-electron chi connectivity index (χ1n) is 6.51. The zero-order valence-electron chi connectivity index (χ0n) is 11.7. The highest BCUT2D eigenvalue weighted by Crippen LogP contribution is 2.37. The molecule has 6 heteroatoms. The van der Waals surface area contributed by atoms with E-state index in [1.165, 1.54) is 12.0 Å². The number of carbonyl (C=O) groups is 2. The van der Waals surface area contributed by atoms with Gasteiger partial charge in [-0.3, -0.25) is 9.59 Å². The summed E-state index contributed by atoms with van der Waals surface area (Å²) in [7, 11) is 3.06. The highest BCUT2D eigenvalue weighted by Gasteiger charge is 2.42. The van der Waals surface area contributed by atoms with Crippen LogP contribution >= 0.6 is 0 Å². The minimum absolute atomic E-state index is 0.154. The molecule has 0 aromatic carbocycles. The van der Waals surface area contributed by atoms with Gasteiger partial charge in [0, 0.05) is 20.7 Å². The Labute approximate surface area is 113 Å². The van der Waals surface area contributed by atoms with Crippen molar-refractivity contribution in [3.8, 4) is 0 Å². The van der Waals surface area contributed by atoms with Crippen LogP contribution in [0.15, 0.2) is 0 Å². The van der Waals surface area contributed by atoms with Crippen molar-refractivity contribution in [2.45, 2.75) is 25.9 Å². The summed E-state index contributed by atoms with van der Waals surface area (Å²) in [6.07, 6.45) is 0.391. The van der Waals surface area contributed by atoms with Crippen molar-refractivity contribution in [1.82, 2.24) is 4.90 Å². The van der Waals surface area contributed by atoms with Crippen molar-refractivity contribution >= 4 is 11.9 Å². The second-order valence-electron chi connectivity index (χ2n) is 5.46. The molecular weight excluding hydrogens is 250 g/mol. The van der Waals surface area contributed by atoms with Gasteiger partial charge in [0.15, 0.2) is 0 Å². The predicted octanol–water partition coefficient (Wildman–Crippen LogP) is 0.199. The number of ether oxygens (including phenoxy) is 1. The highest BCUT2D eigenvalue weighted by molar-refractivity contribution is 5.85. The van der Waals surface area contributed by atoms with Gasteiger partial charge in [-0.2, -0.15) is 0 Å². The van der Waals surface area contributed by atoms with Crippen LogP contribution in [0.25, 0.3) is 0 Å². The van der Waals surface area contributed by atoms with Crippen molar-refractivity contribution in [2.75, 3.05) is 27.3 Å². The van der Waals surface area contributed by atoms with E-state index in [1.54, 1.807) is 7.05 Å².